The van der Waals surface area contributed by atoms with Crippen LogP contribution in [0.1, 0.15) is 42.1 Å². The van der Waals surface area contributed by atoms with Crippen molar-refractivity contribution in [1.29, 1.82) is 0 Å². The Bertz CT molecular complexity index is 1020. The highest BCUT2D eigenvalue weighted by Crippen LogP contribution is 2.39. The fraction of sp³-hybridized carbons (Fsp3) is 0.318. The van der Waals surface area contributed by atoms with Gasteiger partial charge >= 0.3 is 0 Å². The highest BCUT2D eigenvalue weighted by atomic mass is 35.5. The molecule has 0 aliphatic carbocycles. The van der Waals surface area contributed by atoms with Gasteiger partial charge in [-0.15, -0.1) is 0 Å². The van der Waals surface area contributed by atoms with Gasteiger partial charge in [0, 0.05) is 17.7 Å². The molecule has 0 saturated carbocycles. The lowest BCUT2D eigenvalue weighted by atomic mass is 9.72. The molecule has 0 aromatic heterocycles. The van der Waals surface area contributed by atoms with E-state index in [9.17, 15) is 14.4 Å². The topological polar surface area (TPSA) is 93.7 Å². The Morgan fingerprint density at radius 2 is 1.90 bits per heavy atom. The van der Waals surface area contributed by atoms with Crippen LogP contribution in [0.5, 0.6) is 11.5 Å². The number of nitrogens with one attached hydrogen (secondary N) is 2. The van der Waals surface area contributed by atoms with Crippen LogP contribution in [-0.4, -0.2) is 30.9 Å². The van der Waals surface area contributed by atoms with Crippen molar-refractivity contribution in [3.05, 3.63) is 52.5 Å². The summed E-state index contributed by atoms with van der Waals surface area (Å²) >= 11 is 6.21. The lowest BCUT2D eigenvalue weighted by Crippen LogP contribution is -2.51. The minimum atomic E-state index is -0.736. The van der Waals surface area contributed by atoms with Gasteiger partial charge in [-0.3, -0.25) is 19.7 Å². The number of carbonyl (C=O) groups is 3. The molecule has 0 radical (unpaired) electrons. The normalized spacial score (nSPS) is 20.5. The quantitative estimate of drug-likeness (QED) is 0.727. The fourth-order valence-electron chi connectivity index (χ4n) is 3.88. The van der Waals surface area contributed by atoms with Crippen LogP contribution >= 0.6 is 11.6 Å². The molecule has 2 heterocycles. The summed E-state index contributed by atoms with van der Waals surface area (Å²) in [4.78, 5) is 36.7. The summed E-state index contributed by atoms with van der Waals surface area (Å²) in [5, 5.41) is 5.57. The van der Waals surface area contributed by atoms with Crippen LogP contribution in [0.25, 0.3) is 0 Å². The van der Waals surface area contributed by atoms with E-state index in [0.717, 1.165) is 5.56 Å². The minimum absolute atomic E-state index is 0.244. The molecule has 30 heavy (non-hydrogen) atoms. The predicted octanol–water partition coefficient (Wildman–Crippen LogP) is 3.45. The highest BCUT2D eigenvalue weighted by Gasteiger charge is 2.42. The fourth-order valence-corrected chi connectivity index (χ4v) is 4.15. The molecule has 0 spiro atoms. The van der Waals surface area contributed by atoms with Gasteiger partial charge in [-0.25, -0.2) is 0 Å². The molecule has 8 heteroatoms. The summed E-state index contributed by atoms with van der Waals surface area (Å²) in [6, 6.07) is 10.2. The van der Waals surface area contributed by atoms with E-state index in [4.69, 9.17) is 21.1 Å². The van der Waals surface area contributed by atoms with Crippen molar-refractivity contribution in [3.63, 3.8) is 0 Å². The molecule has 2 aliphatic heterocycles. The van der Waals surface area contributed by atoms with E-state index in [2.05, 4.69) is 10.6 Å². The van der Waals surface area contributed by atoms with Crippen LogP contribution in [-0.2, 0) is 15.0 Å². The summed E-state index contributed by atoms with van der Waals surface area (Å²) < 4.78 is 11.0. The largest absolute Gasteiger partial charge is 0.486 e. The number of carbonyl (C=O) groups excluding carboxylic acids is 3. The van der Waals surface area contributed by atoms with E-state index in [0.29, 0.717) is 60.2 Å². The van der Waals surface area contributed by atoms with Crippen molar-refractivity contribution in [1.82, 2.24) is 5.32 Å². The van der Waals surface area contributed by atoms with E-state index in [1.54, 1.807) is 18.2 Å². The van der Waals surface area contributed by atoms with E-state index in [1.807, 2.05) is 19.1 Å². The highest BCUT2D eigenvalue weighted by molar-refractivity contribution is 6.32. The van der Waals surface area contributed by atoms with E-state index < -0.39 is 5.41 Å². The smallest absolute Gasteiger partial charge is 0.255 e. The molecule has 0 bridgehead atoms. The molecular formula is C22H21ClN2O5. The third-order valence-corrected chi connectivity index (χ3v) is 5.91. The Kier molecular flexibility index (Phi) is 5.39. The molecule has 1 atom stereocenters. The Morgan fingerprint density at radius 3 is 2.60 bits per heavy atom. The van der Waals surface area contributed by atoms with Gasteiger partial charge in [0.2, 0.25) is 11.8 Å². The average Bonchev–Trinajstić information content (AvgIpc) is 2.75. The first-order chi connectivity index (χ1) is 14.4. The Labute approximate surface area is 178 Å². The van der Waals surface area contributed by atoms with Crippen LogP contribution in [0.15, 0.2) is 36.4 Å². The molecule has 1 saturated heterocycles. The van der Waals surface area contributed by atoms with Crippen LogP contribution in [0.3, 0.4) is 0 Å². The van der Waals surface area contributed by atoms with Gasteiger partial charge in [0.25, 0.3) is 5.91 Å². The number of piperidine rings is 1. The van der Waals surface area contributed by atoms with Crippen LogP contribution in [0.2, 0.25) is 5.02 Å². The summed E-state index contributed by atoms with van der Waals surface area (Å²) in [7, 11) is 0. The van der Waals surface area contributed by atoms with Gasteiger partial charge in [0.1, 0.15) is 13.2 Å². The number of fused-ring (bicyclic) bond motifs is 1. The van der Waals surface area contributed by atoms with Gasteiger partial charge < -0.3 is 14.8 Å². The number of hydrogen-bond acceptors (Lipinski definition) is 5. The van der Waals surface area contributed by atoms with Crippen molar-refractivity contribution in [2.45, 2.75) is 31.6 Å². The summed E-state index contributed by atoms with van der Waals surface area (Å²) in [6.45, 7) is 2.74. The third kappa shape index (κ3) is 3.61. The Hall–Kier alpha value is -3.06. The second kappa shape index (κ2) is 7.99. The zero-order chi connectivity index (χ0) is 21.3. The van der Waals surface area contributed by atoms with Gasteiger partial charge in [0.05, 0.1) is 10.4 Å². The number of hydrogen-bond donors (Lipinski definition) is 2. The van der Waals surface area contributed by atoms with Gasteiger partial charge in [-0.05, 0) is 42.7 Å². The van der Waals surface area contributed by atoms with Gasteiger partial charge in [-0.2, -0.15) is 0 Å². The molecule has 2 N–H and O–H groups in total. The maximum atomic E-state index is 12.7. The molecule has 156 valence electrons. The first kappa shape index (κ1) is 20.2. The number of ether oxygens (including phenoxy) is 2. The monoisotopic (exact) mass is 428 g/mol. The molecule has 2 aromatic rings. The second-order valence-electron chi connectivity index (χ2n) is 7.33. The number of amides is 3. The maximum Gasteiger partial charge on any atom is 0.255 e. The minimum Gasteiger partial charge on any atom is -0.486 e. The summed E-state index contributed by atoms with van der Waals surface area (Å²) in [5.74, 6) is 0.0257. The number of anilines is 1. The van der Waals surface area contributed by atoms with Crippen molar-refractivity contribution in [2.75, 3.05) is 18.5 Å². The van der Waals surface area contributed by atoms with Crippen molar-refractivity contribution < 1.29 is 23.9 Å². The molecule has 7 nitrogen and oxygen atoms in total. The summed E-state index contributed by atoms with van der Waals surface area (Å²) in [5.41, 5.74) is 1.01. The second-order valence-corrected chi connectivity index (χ2v) is 7.73. The standard InChI is InChI=1S/C22H21ClN2O5/c1-2-22(8-7-18(26)25-21(22)28)14-3-5-15(6-4-14)24-20(27)13-11-16(23)19-17(12-13)29-9-10-30-19/h3-6,11-12H,2,7-10H2,1H3,(H,24,27)(H,25,26,28). The number of halogens is 1. The molecule has 4 rings (SSSR count). The van der Waals surface area contributed by atoms with Crippen LogP contribution < -0.4 is 20.1 Å². The van der Waals surface area contributed by atoms with Crippen molar-refractivity contribution in [2.24, 2.45) is 0 Å². The van der Waals surface area contributed by atoms with Crippen molar-refractivity contribution >= 4 is 35.0 Å². The van der Waals surface area contributed by atoms with E-state index in [-0.39, 0.29) is 17.7 Å². The first-order valence-electron chi connectivity index (χ1n) is 9.78. The third-order valence-electron chi connectivity index (χ3n) is 5.62. The van der Waals surface area contributed by atoms with E-state index in [1.165, 1.54) is 6.07 Å². The summed E-state index contributed by atoms with van der Waals surface area (Å²) in [6.07, 6.45) is 1.35. The Morgan fingerprint density at radius 1 is 1.17 bits per heavy atom. The average molecular weight is 429 g/mol. The molecule has 2 aliphatic rings. The SMILES string of the molecule is CCC1(c2ccc(NC(=O)c3cc(Cl)c4c(c3)OCCO4)cc2)CCC(=O)NC1=O. The molecular weight excluding hydrogens is 408 g/mol. The lowest BCUT2D eigenvalue weighted by Gasteiger charge is -2.35. The molecule has 2 aromatic carbocycles. The van der Waals surface area contributed by atoms with Gasteiger partial charge in [0.15, 0.2) is 11.5 Å². The first-order valence-corrected chi connectivity index (χ1v) is 10.2. The zero-order valence-electron chi connectivity index (χ0n) is 16.4. The number of rotatable bonds is 4. The van der Waals surface area contributed by atoms with Crippen LogP contribution in [0.4, 0.5) is 5.69 Å². The maximum absolute atomic E-state index is 12.7. The van der Waals surface area contributed by atoms with Crippen molar-refractivity contribution in [3.8, 4) is 11.5 Å². The molecule has 3 amide bonds. The zero-order valence-corrected chi connectivity index (χ0v) is 17.2. The van der Waals surface area contributed by atoms with Gasteiger partial charge in [-0.1, -0.05) is 30.7 Å². The molecule has 1 unspecified atom stereocenters. The lowest BCUT2D eigenvalue weighted by molar-refractivity contribution is -0.138. The number of imide groups is 1. The van der Waals surface area contributed by atoms with Crippen LogP contribution in [0, 0.1) is 0 Å². The predicted molar refractivity (Wildman–Crippen MR) is 111 cm³/mol. The van der Waals surface area contributed by atoms with E-state index >= 15 is 0 Å². The Balaban J connectivity index is 1.52. The number of benzene rings is 2. The molecule has 1 fully saturated rings.